The predicted molar refractivity (Wildman–Crippen MR) is 203 cm³/mol. The molecule has 1 atom stereocenters. The number of carbonyl (C=O) groups is 2. The number of hydrogen-bond acceptors (Lipinski definition) is 5. The predicted octanol–water partition coefficient (Wildman–Crippen LogP) is 8.46. The smallest absolute Gasteiger partial charge is 0.264 e. The lowest BCUT2D eigenvalue weighted by Gasteiger charge is -2.34. The van der Waals surface area contributed by atoms with Crippen LogP contribution in [0.2, 0.25) is 10.0 Å². The van der Waals surface area contributed by atoms with Crippen molar-refractivity contribution in [3.8, 4) is 11.5 Å². The number of amides is 2. The molecule has 51 heavy (non-hydrogen) atoms. The highest BCUT2D eigenvalue weighted by Crippen LogP contribution is 2.30. The van der Waals surface area contributed by atoms with Crippen LogP contribution in [0.5, 0.6) is 11.5 Å². The number of aryl methyl sites for hydroxylation is 1. The molecule has 0 saturated carbocycles. The number of halogens is 2. The lowest BCUT2D eigenvalue weighted by atomic mass is 10.0. The van der Waals surface area contributed by atoms with Crippen molar-refractivity contribution in [2.45, 2.75) is 44.2 Å². The van der Waals surface area contributed by atoms with E-state index < -0.39 is 28.5 Å². The first-order valence-corrected chi connectivity index (χ1v) is 18.7. The Bertz CT molecular complexity index is 2030. The Morgan fingerprint density at radius 2 is 1.39 bits per heavy atom. The molecule has 11 heteroatoms. The van der Waals surface area contributed by atoms with Gasteiger partial charge in [0.25, 0.3) is 10.0 Å². The van der Waals surface area contributed by atoms with E-state index in [9.17, 15) is 18.0 Å². The summed E-state index contributed by atoms with van der Waals surface area (Å²) in [4.78, 5) is 30.0. The zero-order valence-corrected chi connectivity index (χ0v) is 30.7. The van der Waals surface area contributed by atoms with E-state index in [2.05, 4.69) is 5.32 Å². The molecule has 1 N–H and O–H groups in total. The lowest BCUT2D eigenvalue weighted by Crippen LogP contribution is -2.53. The standard InChI is InChI=1S/C40H39Cl2N3O5S/c1-3-24-43-40(47)38(26-30-10-6-4-7-11-30)44(27-31-16-23-36(41)37(42)25-31)39(46)28-45(51(48,49)35-21-14-29(2)15-22-35)32-17-19-34(20-18-32)50-33-12-8-5-9-13-33/h4-23,25,38H,3,24,26-28H2,1-2H3,(H,43,47)/t38-/m0/s1. The zero-order chi connectivity index (χ0) is 36.4. The third-order valence-electron chi connectivity index (χ3n) is 8.15. The van der Waals surface area contributed by atoms with Gasteiger partial charge < -0.3 is 15.0 Å². The van der Waals surface area contributed by atoms with E-state index in [4.69, 9.17) is 27.9 Å². The molecular formula is C40H39Cl2N3O5S. The van der Waals surface area contributed by atoms with Crippen LogP contribution in [0, 0.1) is 6.92 Å². The maximum Gasteiger partial charge on any atom is 0.264 e. The lowest BCUT2D eigenvalue weighted by molar-refractivity contribution is -0.140. The maximum absolute atomic E-state index is 14.7. The first-order valence-electron chi connectivity index (χ1n) is 16.5. The van der Waals surface area contributed by atoms with Gasteiger partial charge in [-0.1, -0.05) is 102 Å². The Morgan fingerprint density at radius 1 is 0.765 bits per heavy atom. The first-order chi connectivity index (χ1) is 24.5. The van der Waals surface area contributed by atoms with Crippen molar-refractivity contribution < 1.29 is 22.7 Å². The highest BCUT2D eigenvalue weighted by Gasteiger charge is 2.34. The second-order valence-corrected chi connectivity index (χ2v) is 14.7. The minimum absolute atomic E-state index is 0.0167. The van der Waals surface area contributed by atoms with Gasteiger partial charge in [0.1, 0.15) is 24.1 Å². The van der Waals surface area contributed by atoms with Crippen molar-refractivity contribution in [1.82, 2.24) is 10.2 Å². The van der Waals surface area contributed by atoms with Crippen molar-refractivity contribution in [3.05, 3.63) is 154 Å². The van der Waals surface area contributed by atoms with E-state index in [-0.39, 0.29) is 34.5 Å². The van der Waals surface area contributed by atoms with Crippen LogP contribution in [0.15, 0.2) is 132 Å². The molecule has 0 aliphatic heterocycles. The SMILES string of the molecule is CCCNC(=O)[C@H](Cc1ccccc1)N(Cc1ccc(Cl)c(Cl)c1)C(=O)CN(c1ccc(Oc2ccccc2)cc1)S(=O)(=O)c1ccc(C)cc1. The summed E-state index contributed by atoms with van der Waals surface area (Å²) >= 11 is 12.6. The van der Waals surface area contributed by atoms with E-state index in [1.165, 1.54) is 17.0 Å². The minimum atomic E-state index is -4.27. The molecule has 5 rings (SSSR count). The average molecular weight is 745 g/mol. The molecule has 0 aliphatic rings. The van der Waals surface area contributed by atoms with Crippen molar-refractivity contribution in [1.29, 1.82) is 0 Å². The van der Waals surface area contributed by atoms with Crippen LogP contribution in [0.25, 0.3) is 0 Å². The highest BCUT2D eigenvalue weighted by atomic mass is 35.5. The van der Waals surface area contributed by atoms with E-state index in [0.29, 0.717) is 35.1 Å². The van der Waals surface area contributed by atoms with E-state index in [1.807, 2.05) is 74.5 Å². The summed E-state index contributed by atoms with van der Waals surface area (Å²) < 4.78 is 35.7. The minimum Gasteiger partial charge on any atom is -0.457 e. The molecule has 0 fully saturated rings. The van der Waals surface area contributed by atoms with Gasteiger partial charge in [0.05, 0.1) is 20.6 Å². The number of para-hydroxylation sites is 1. The summed E-state index contributed by atoms with van der Waals surface area (Å²) in [5, 5.41) is 3.57. The molecule has 0 unspecified atom stereocenters. The van der Waals surface area contributed by atoms with Crippen LogP contribution < -0.4 is 14.4 Å². The Labute approximate surface area is 309 Å². The van der Waals surface area contributed by atoms with Crippen LogP contribution in [0.3, 0.4) is 0 Å². The second kappa shape index (κ2) is 17.4. The molecular weight excluding hydrogens is 705 g/mol. The summed E-state index contributed by atoms with van der Waals surface area (Å²) in [5.74, 6) is 0.160. The van der Waals surface area contributed by atoms with Gasteiger partial charge in [-0.2, -0.15) is 0 Å². The summed E-state index contributed by atoms with van der Waals surface area (Å²) in [6, 6.07) is 35.5. The van der Waals surface area contributed by atoms with Gasteiger partial charge in [-0.05, 0) is 85.1 Å². The number of sulfonamides is 1. The molecule has 5 aromatic rings. The molecule has 0 aliphatic carbocycles. The fourth-order valence-corrected chi connectivity index (χ4v) is 7.16. The summed E-state index contributed by atoms with van der Waals surface area (Å²) in [6.45, 7) is 3.58. The fourth-order valence-electron chi connectivity index (χ4n) is 5.43. The van der Waals surface area contributed by atoms with Crippen LogP contribution in [-0.4, -0.2) is 44.3 Å². The zero-order valence-electron chi connectivity index (χ0n) is 28.3. The number of rotatable bonds is 15. The maximum atomic E-state index is 14.7. The van der Waals surface area contributed by atoms with Crippen molar-refractivity contribution in [3.63, 3.8) is 0 Å². The third kappa shape index (κ3) is 9.91. The summed E-state index contributed by atoms with van der Waals surface area (Å²) in [7, 11) is -4.27. The molecule has 0 aromatic heterocycles. The van der Waals surface area contributed by atoms with Gasteiger partial charge in [-0.3, -0.25) is 13.9 Å². The average Bonchev–Trinajstić information content (AvgIpc) is 3.13. The van der Waals surface area contributed by atoms with Gasteiger partial charge in [0.2, 0.25) is 11.8 Å². The van der Waals surface area contributed by atoms with Crippen LogP contribution >= 0.6 is 23.2 Å². The van der Waals surface area contributed by atoms with Gasteiger partial charge in [-0.15, -0.1) is 0 Å². The Morgan fingerprint density at radius 3 is 2.02 bits per heavy atom. The number of benzene rings is 5. The van der Waals surface area contributed by atoms with Crippen molar-refractivity contribution >= 4 is 50.7 Å². The van der Waals surface area contributed by atoms with Crippen LogP contribution in [-0.2, 0) is 32.6 Å². The Hall–Kier alpha value is -4.83. The number of nitrogens with zero attached hydrogens (tertiary/aromatic N) is 2. The molecule has 0 radical (unpaired) electrons. The molecule has 0 saturated heterocycles. The van der Waals surface area contributed by atoms with E-state index in [0.717, 1.165) is 15.4 Å². The number of anilines is 1. The van der Waals surface area contributed by atoms with Gasteiger partial charge in [0, 0.05) is 19.5 Å². The summed E-state index contributed by atoms with van der Waals surface area (Å²) in [5.41, 5.74) is 2.58. The summed E-state index contributed by atoms with van der Waals surface area (Å²) in [6.07, 6.45) is 0.886. The van der Waals surface area contributed by atoms with Crippen molar-refractivity contribution in [2.75, 3.05) is 17.4 Å². The number of nitrogens with one attached hydrogen (secondary N) is 1. The third-order valence-corrected chi connectivity index (χ3v) is 10.7. The van der Waals surface area contributed by atoms with Crippen LogP contribution in [0.4, 0.5) is 5.69 Å². The molecule has 5 aromatic carbocycles. The molecule has 264 valence electrons. The normalized spacial score (nSPS) is 11.8. The molecule has 2 amide bonds. The number of ether oxygens (including phenoxy) is 1. The highest BCUT2D eigenvalue weighted by molar-refractivity contribution is 7.92. The van der Waals surface area contributed by atoms with E-state index in [1.54, 1.807) is 54.6 Å². The van der Waals surface area contributed by atoms with E-state index >= 15 is 0 Å². The molecule has 0 bridgehead atoms. The Kier molecular flexibility index (Phi) is 12.8. The molecule has 0 spiro atoms. The number of carbonyl (C=O) groups excluding carboxylic acids is 2. The van der Waals surface area contributed by atoms with Gasteiger partial charge in [-0.25, -0.2) is 8.42 Å². The Balaban J connectivity index is 1.56. The molecule has 0 heterocycles. The quantitative estimate of drug-likeness (QED) is 0.116. The van der Waals surface area contributed by atoms with Gasteiger partial charge >= 0.3 is 0 Å². The topological polar surface area (TPSA) is 96.0 Å². The van der Waals surface area contributed by atoms with Gasteiger partial charge in [0.15, 0.2) is 0 Å². The molecule has 8 nitrogen and oxygen atoms in total. The first kappa shape index (κ1) is 37.4. The number of hydrogen-bond donors (Lipinski definition) is 1. The second-order valence-electron chi connectivity index (χ2n) is 12.0. The monoisotopic (exact) mass is 743 g/mol. The largest absolute Gasteiger partial charge is 0.457 e. The van der Waals surface area contributed by atoms with Crippen LogP contribution in [0.1, 0.15) is 30.0 Å². The van der Waals surface area contributed by atoms with Crippen molar-refractivity contribution in [2.24, 2.45) is 0 Å². The fraction of sp³-hybridized carbons (Fsp3) is 0.200.